The first-order valence-electron chi connectivity index (χ1n) is 9.40. The average molecular weight is 418 g/mol. The fourth-order valence-corrected chi connectivity index (χ4v) is 3.49. The number of carbonyl (C=O) groups excluding carboxylic acids is 1. The summed E-state index contributed by atoms with van der Waals surface area (Å²) in [5, 5.41) is 39.1. The van der Waals surface area contributed by atoms with Crippen molar-refractivity contribution in [2.45, 2.75) is 37.1 Å². The van der Waals surface area contributed by atoms with Crippen LogP contribution in [0.1, 0.15) is 28.4 Å². The SMILES string of the molecule is COc1cc(O[C@@H]2OC[C@@H](O)[C@H](O)[C@H]2O)c2c(c1)O[C@H](c1ccc(O)cc1)CC2=O. The Hall–Kier alpha value is -2.85. The number of aliphatic hydroxyl groups excluding tert-OH is 3. The van der Waals surface area contributed by atoms with Gasteiger partial charge in [-0.3, -0.25) is 4.79 Å². The molecule has 0 radical (unpaired) electrons. The number of hydrogen-bond acceptors (Lipinski definition) is 9. The molecule has 0 bridgehead atoms. The fourth-order valence-electron chi connectivity index (χ4n) is 3.49. The van der Waals surface area contributed by atoms with E-state index in [0.29, 0.717) is 5.75 Å². The molecule has 0 unspecified atom stereocenters. The Morgan fingerprint density at radius 2 is 1.80 bits per heavy atom. The van der Waals surface area contributed by atoms with E-state index in [1.807, 2.05) is 0 Å². The lowest BCUT2D eigenvalue weighted by atomic mass is 9.95. The van der Waals surface area contributed by atoms with Crippen molar-refractivity contribution in [3.8, 4) is 23.0 Å². The normalized spacial score (nSPS) is 28.4. The van der Waals surface area contributed by atoms with Crippen LogP contribution in [0.25, 0.3) is 0 Å². The van der Waals surface area contributed by atoms with Gasteiger partial charge < -0.3 is 39.4 Å². The molecule has 0 amide bonds. The van der Waals surface area contributed by atoms with Crippen molar-refractivity contribution in [1.82, 2.24) is 0 Å². The summed E-state index contributed by atoms with van der Waals surface area (Å²) in [6, 6.07) is 9.40. The van der Waals surface area contributed by atoms with Crippen LogP contribution in [-0.2, 0) is 4.74 Å². The Labute approximate surface area is 172 Å². The largest absolute Gasteiger partial charge is 0.508 e. The summed E-state index contributed by atoms with van der Waals surface area (Å²) in [6.45, 7) is -0.234. The van der Waals surface area contributed by atoms with Crippen LogP contribution in [0.2, 0.25) is 0 Å². The first-order chi connectivity index (χ1) is 14.4. The summed E-state index contributed by atoms with van der Waals surface area (Å²) in [5.74, 6) is 0.527. The van der Waals surface area contributed by atoms with Gasteiger partial charge in [-0.05, 0) is 17.7 Å². The summed E-state index contributed by atoms with van der Waals surface area (Å²) in [6.07, 6.45) is -6.01. The second-order valence-corrected chi connectivity index (χ2v) is 7.19. The molecule has 4 N–H and O–H groups in total. The zero-order chi connectivity index (χ0) is 21.4. The number of Topliss-reactive ketones (excluding diaryl/α,β-unsaturated/α-hetero) is 1. The number of phenolic OH excluding ortho intramolecular Hbond substituents is 1. The minimum atomic E-state index is -1.51. The number of rotatable bonds is 4. The van der Waals surface area contributed by atoms with Crippen molar-refractivity contribution >= 4 is 5.78 Å². The first kappa shape index (κ1) is 20.4. The highest BCUT2D eigenvalue weighted by Crippen LogP contribution is 2.43. The maximum atomic E-state index is 13.0. The Kier molecular flexibility index (Phi) is 5.52. The Balaban J connectivity index is 1.65. The van der Waals surface area contributed by atoms with E-state index in [9.17, 15) is 25.2 Å². The third-order valence-electron chi connectivity index (χ3n) is 5.16. The van der Waals surface area contributed by atoms with Crippen LogP contribution < -0.4 is 14.2 Å². The van der Waals surface area contributed by atoms with Gasteiger partial charge in [0.25, 0.3) is 0 Å². The fraction of sp³-hybridized carbons (Fsp3) is 0.381. The van der Waals surface area contributed by atoms with Crippen LogP contribution in [0.3, 0.4) is 0 Å². The predicted octanol–water partition coefficient (Wildman–Crippen LogP) is 0.925. The van der Waals surface area contributed by atoms with E-state index in [4.69, 9.17) is 18.9 Å². The summed E-state index contributed by atoms with van der Waals surface area (Å²) in [5.41, 5.74) is 0.891. The van der Waals surface area contributed by atoms with Crippen LogP contribution in [-0.4, -0.2) is 64.5 Å². The second-order valence-electron chi connectivity index (χ2n) is 7.19. The summed E-state index contributed by atoms with van der Waals surface area (Å²) >= 11 is 0. The van der Waals surface area contributed by atoms with E-state index in [2.05, 4.69) is 0 Å². The van der Waals surface area contributed by atoms with Crippen molar-refractivity contribution in [3.05, 3.63) is 47.5 Å². The van der Waals surface area contributed by atoms with E-state index in [1.165, 1.54) is 25.3 Å². The Morgan fingerprint density at radius 1 is 1.07 bits per heavy atom. The highest BCUT2D eigenvalue weighted by atomic mass is 16.7. The number of benzene rings is 2. The molecule has 0 aliphatic carbocycles. The molecule has 2 aliphatic heterocycles. The maximum absolute atomic E-state index is 13.0. The number of aromatic hydroxyl groups is 1. The van der Waals surface area contributed by atoms with Crippen LogP contribution in [0.5, 0.6) is 23.0 Å². The highest BCUT2D eigenvalue weighted by Gasteiger charge is 2.40. The topological polar surface area (TPSA) is 135 Å². The van der Waals surface area contributed by atoms with Gasteiger partial charge in [-0.25, -0.2) is 0 Å². The zero-order valence-corrected chi connectivity index (χ0v) is 16.1. The van der Waals surface area contributed by atoms with Gasteiger partial charge in [0.15, 0.2) is 5.78 Å². The molecule has 2 aromatic rings. The van der Waals surface area contributed by atoms with E-state index in [1.54, 1.807) is 18.2 Å². The average Bonchev–Trinajstić information content (AvgIpc) is 2.74. The van der Waals surface area contributed by atoms with Gasteiger partial charge in [0, 0.05) is 12.1 Å². The van der Waals surface area contributed by atoms with Crippen molar-refractivity contribution < 1.29 is 44.2 Å². The molecule has 2 aromatic carbocycles. The number of carbonyl (C=O) groups is 1. The van der Waals surface area contributed by atoms with Crippen molar-refractivity contribution in [2.75, 3.05) is 13.7 Å². The molecule has 160 valence electrons. The van der Waals surface area contributed by atoms with E-state index < -0.39 is 30.7 Å². The molecule has 4 rings (SSSR count). The third-order valence-corrected chi connectivity index (χ3v) is 5.16. The van der Waals surface area contributed by atoms with Crippen LogP contribution in [0.15, 0.2) is 36.4 Å². The van der Waals surface area contributed by atoms with Gasteiger partial charge in [0.2, 0.25) is 6.29 Å². The molecule has 5 atom stereocenters. The monoisotopic (exact) mass is 418 g/mol. The number of fused-ring (bicyclic) bond motifs is 1. The van der Waals surface area contributed by atoms with Gasteiger partial charge >= 0.3 is 0 Å². The number of phenols is 1. The van der Waals surface area contributed by atoms with Crippen LogP contribution in [0, 0.1) is 0 Å². The van der Waals surface area contributed by atoms with Gasteiger partial charge in [-0.1, -0.05) is 12.1 Å². The van der Waals surface area contributed by atoms with E-state index in [0.717, 1.165) is 5.56 Å². The van der Waals surface area contributed by atoms with Crippen molar-refractivity contribution in [1.29, 1.82) is 0 Å². The van der Waals surface area contributed by atoms with Crippen molar-refractivity contribution in [3.63, 3.8) is 0 Å². The Bertz CT molecular complexity index is 927. The summed E-state index contributed by atoms with van der Waals surface area (Å²) in [4.78, 5) is 13.0. The molecule has 30 heavy (non-hydrogen) atoms. The van der Waals surface area contributed by atoms with Gasteiger partial charge in [0.1, 0.15) is 53.0 Å². The van der Waals surface area contributed by atoms with Crippen molar-refractivity contribution in [2.24, 2.45) is 0 Å². The lowest BCUT2D eigenvalue weighted by Gasteiger charge is -2.35. The lowest BCUT2D eigenvalue weighted by molar-refractivity contribution is -0.242. The molecule has 9 heteroatoms. The molecule has 2 aliphatic rings. The standard InChI is InChI=1S/C21H22O9/c1-27-12-6-16-18(13(23)8-15(29-16)10-2-4-11(22)5-3-10)17(7-12)30-21-20(26)19(25)14(24)9-28-21/h2-7,14-15,19-22,24-26H,8-9H2,1H3/t14-,15+,19+,20-,21+/m1/s1. The minimum absolute atomic E-state index is 0.0376. The minimum Gasteiger partial charge on any atom is -0.508 e. The molecule has 0 spiro atoms. The summed E-state index contributed by atoms with van der Waals surface area (Å²) in [7, 11) is 1.44. The number of ketones is 1. The molecule has 9 nitrogen and oxygen atoms in total. The maximum Gasteiger partial charge on any atom is 0.228 e. The molecule has 0 aromatic heterocycles. The number of methoxy groups -OCH3 is 1. The predicted molar refractivity (Wildman–Crippen MR) is 102 cm³/mol. The van der Waals surface area contributed by atoms with E-state index >= 15 is 0 Å². The van der Waals surface area contributed by atoms with Gasteiger partial charge in [0.05, 0.1) is 20.1 Å². The second kappa shape index (κ2) is 8.11. The van der Waals surface area contributed by atoms with Gasteiger partial charge in [-0.2, -0.15) is 0 Å². The highest BCUT2D eigenvalue weighted by molar-refractivity contribution is 6.02. The molecule has 1 saturated heterocycles. The number of hydrogen-bond donors (Lipinski definition) is 4. The molecule has 1 fully saturated rings. The lowest BCUT2D eigenvalue weighted by Crippen LogP contribution is -2.54. The van der Waals surface area contributed by atoms with Gasteiger partial charge in [-0.15, -0.1) is 0 Å². The molecular weight excluding hydrogens is 396 g/mol. The zero-order valence-electron chi connectivity index (χ0n) is 16.1. The summed E-state index contributed by atoms with van der Waals surface area (Å²) < 4.78 is 22.3. The van der Waals surface area contributed by atoms with E-state index in [-0.39, 0.29) is 41.6 Å². The molecule has 0 saturated carbocycles. The quantitative estimate of drug-likeness (QED) is 0.572. The third kappa shape index (κ3) is 3.80. The molecule has 2 heterocycles. The number of aliphatic hydroxyl groups is 3. The van der Waals surface area contributed by atoms with Crippen LogP contribution >= 0.6 is 0 Å². The Morgan fingerprint density at radius 3 is 2.50 bits per heavy atom. The molecular formula is C21H22O9. The number of ether oxygens (including phenoxy) is 4. The first-order valence-corrected chi connectivity index (χ1v) is 9.40. The smallest absolute Gasteiger partial charge is 0.228 e. The van der Waals surface area contributed by atoms with Crippen LogP contribution in [0.4, 0.5) is 0 Å².